The van der Waals surface area contributed by atoms with Gasteiger partial charge in [-0.3, -0.25) is 4.79 Å². The summed E-state index contributed by atoms with van der Waals surface area (Å²) >= 11 is 0. The molecule has 1 heterocycles. The summed E-state index contributed by atoms with van der Waals surface area (Å²) in [7, 11) is -3.60. The highest BCUT2D eigenvalue weighted by molar-refractivity contribution is 7.89. The zero-order chi connectivity index (χ0) is 22.6. The van der Waals surface area contributed by atoms with Gasteiger partial charge in [0.25, 0.3) is 5.91 Å². The Labute approximate surface area is 188 Å². The highest BCUT2D eigenvalue weighted by atomic mass is 32.2. The number of benzene rings is 3. The van der Waals surface area contributed by atoms with Crippen molar-refractivity contribution in [1.82, 2.24) is 9.62 Å². The van der Waals surface area contributed by atoms with Crippen LogP contribution in [-0.4, -0.2) is 44.9 Å². The highest BCUT2D eigenvalue weighted by Crippen LogP contribution is 2.24. The van der Waals surface area contributed by atoms with Gasteiger partial charge < -0.3 is 10.1 Å². The third-order valence-electron chi connectivity index (χ3n) is 5.51. The highest BCUT2D eigenvalue weighted by Gasteiger charge is 2.26. The van der Waals surface area contributed by atoms with E-state index in [1.54, 1.807) is 12.1 Å². The van der Waals surface area contributed by atoms with Gasteiger partial charge >= 0.3 is 0 Å². The summed E-state index contributed by atoms with van der Waals surface area (Å²) < 4.78 is 32.3. The van der Waals surface area contributed by atoms with Gasteiger partial charge in [-0.05, 0) is 42.3 Å². The fourth-order valence-electron chi connectivity index (χ4n) is 3.78. The van der Waals surface area contributed by atoms with E-state index in [-0.39, 0.29) is 16.8 Å². The number of hydrogen-bond acceptors (Lipinski definition) is 4. The number of nitrogens with zero attached hydrogens (tertiary/aromatic N) is 1. The normalized spacial score (nSPS) is 15.8. The van der Waals surface area contributed by atoms with E-state index in [2.05, 4.69) is 11.4 Å². The molecule has 1 atom stereocenters. The lowest BCUT2D eigenvalue weighted by Crippen LogP contribution is -2.40. The van der Waals surface area contributed by atoms with Gasteiger partial charge in [-0.1, -0.05) is 60.2 Å². The molecular weight excluding hydrogens is 424 g/mol. The first-order valence-electron chi connectivity index (χ1n) is 10.6. The van der Waals surface area contributed by atoms with Crippen molar-refractivity contribution >= 4 is 15.9 Å². The number of carbonyl (C=O) groups is 1. The van der Waals surface area contributed by atoms with E-state index in [4.69, 9.17) is 4.74 Å². The van der Waals surface area contributed by atoms with Crippen LogP contribution in [0, 0.1) is 6.92 Å². The van der Waals surface area contributed by atoms with Crippen molar-refractivity contribution in [1.29, 1.82) is 0 Å². The third-order valence-corrected chi connectivity index (χ3v) is 7.42. The molecule has 1 aliphatic heterocycles. The fraction of sp³-hybridized carbons (Fsp3) is 0.240. The molecule has 0 bridgehead atoms. The molecule has 0 spiro atoms. The predicted octanol–water partition coefficient (Wildman–Crippen LogP) is 3.54. The Balaban J connectivity index is 1.56. The summed E-state index contributed by atoms with van der Waals surface area (Å²) in [5, 5.41) is 3.10. The van der Waals surface area contributed by atoms with Crippen molar-refractivity contribution in [3.63, 3.8) is 0 Å². The molecule has 1 unspecified atom stereocenters. The van der Waals surface area contributed by atoms with Crippen LogP contribution < -0.4 is 5.32 Å². The number of carbonyl (C=O) groups excluding carboxylic acids is 1. The molecule has 1 saturated heterocycles. The molecule has 0 aromatic heterocycles. The van der Waals surface area contributed by atoms with E-state index in [9.17, 15) is 13.2 Å². The van der Waals surface area contributed by atoms with Crippen molar-refractivity contribution < 1.29 is 17.9 Å². The molecule has 1 N–H and O–H groups in total. The van der Waals surface area contributed by atoms with E-state index >= 15 is 0 Å². The SMILES string of the molecule is Cc1cccc(C(NC(=O)c2ccc(S(=O)(=O)N3CCOCC3)cc2)c2ccccc2)c1. The van der Waals surface area contributed by atoms with Crippen LogP contribution in [0.1, 0.15) is 33.1 Å². The quantitative estimate of drug-likeness (QED) is 0.623. The first kappa shape index (κ1) is 22.2. The molecule has 0 aliphatic carbocycles. The molecule has 0 saturated carbocycles. The summed E-state index contributed by atoms with van der Waals surface area (Å²) in [6.07, 6.45) is 0. The second-order valence-electron chi connectivity index (χ2n) is 7.77. The smallest absolute Gasteiger partial charge is 0.252 e. The predicted molar refractivity (Wildman–Crippen MR) is 123 cm³/mol. The van der Waals surface area contributed by atoms with Gasteiger partial charge in [0.15, 0.2) is 0 Å². The molecule has 32 heavy (non-hydrogen) atoms. The summed E-state index contributed by atoms with van der Waals surface area (Å²) in [6, 6.07) is 23.6. The van der Waals surface area contributed by atoms with Crippen LogP contribution in [0.3, 0.4) is 0 Å². The minimum Gasteiger partial charge on any atom is -0.379 e. The van der Waals surface area contributed by atoms with Gasteiger partial charge in [0.05, 0.1) is 24.2 Å². The van der Waals surface area contributed by atoms with Gasteiger partial charge in [0, 0.05) is 18.7 Å². The Morgan fingerprint density at radius 3 is 2.22 bits per heavy atom. The number of sulfonamides is 1. The number of amides is 1. The number of nitrogens with one attached hydrogen (secondary N) is 1. The lowest BCUT2D eigenvalue weighted by molar-refractivity contribution is 0.0730. The van der Waals surface area contributed by atoms with Crippen molar-refractivity contribution in [2.45, 2.75) is 17.9 Å². The van der Waals surface area contributed by atoms with Crippen molar-refractivity contribution in [2.75, 3.05) is 26.3 Å². The van der Waals surface area contributed by atoms with Crippen molar-refractivity contribution in [2.24, 2.45) is 0 Å². The number of morpholine rings is 1. The van der Waals surface area contributed by atoms with Gasteiger partial charge in [-0.2, -0.15) is 4.31 Å². The minimum absolute atomic E-state index is 0.175. The molecule has 0 radical (unpaired) electrons. The maximum absolute atomic E-state index is 13.1. The second-order valence-corrected chi connectivity index (χ2v) is 9.71. The van der Waals surface area contributed by atoms with Crippen LogP contribution in [0.5, 0.6) is 0 Å². The Morgan fingerprint density at radius 2 is 1.56 bits per heavy atom. The lowest BCUT2D eigenvalue weighted by atomic mass is 9.97. The van der Waals surface area contributed by atoms with Crippen LogP contribution in [0.4, 0.5) is 0 Å². The molecule has 1 aliphatic rings. The molecule has 7 heteroatoms. The number of aryl methyl sites for hydroxylation is 1. The number of ether oxygens (including phenoxy) is 1. The van der Waals surface area contributed by atoms with Crippen molar-refractivity contribution in [3.05, 3.63) is 101 Å². The van der Waals surface area contributed by atoms with E-state index in [0.717, 1.165) is 16.7 Å². The Bertz CT molecular complexity index is 1170. The Kier molecular flexibility index (Phi) is 6.69. The second kappa shape index (κ2) is 9.65. The summed E-state index contributed by atoms with van der Waals surface area (Å²) in [6.45, 7) is 3.46. The molecule has 3 aromatic rings. The standard InChI is InChI=1S/C25H26N2O4S/c1-19-6-5-9-22(18-19)24(20-7-3-2-4-8-20)26-25(28)21-10-12-23(13-11-21)32(29,30)27-14-16-31-17-15-27/h2-13,18,24H,14-17H2,1H3,(H,26,28). The average molecular weight is 451 g/mol. The van der Waals surface area contributed by atoms with E-state index in [0.29, 0.717) is 31.9 Å². The molecule has 1 fully saturated rings. The molecule has 3 aromatic carbocycles. The Morgan fingerprint density at radius 1 is 0.906 bits per heavy atom. The number of hydrogen-bond donors (Lipinski definition) is 1. The summed E-state index contributed by atoms with van der Waals surface area (Å²) in [5.74, 6) is -0.268. The first-order chi connectivity index (χ1) is 15.4. The first-order valence-corrected chi connectivity index (χ1v) is 12.0. The van der Waals surface area contributed by atoms with Crippen LogP contribution in [0.25, 0.3) is 0 Å². The van der Waals surface area contributed by atoms with Crippen LogP contribution in [-0.2, 0) is 14.8 Å². The van der Waals surface area contributed by atoms with Crippen LogP contribution in [0.2, 0.25) is 0 Å². The van der Waals surface area contributed by atoms with Gasteiger partial charge in [-0.25, -0.2) is 8.42 Å². The van der Waals surface area contributed by atoms with E-state index in [1.807, 2.05) is 55.5 Å². The van der Waals surface area contributed by atoms with Crippen LogP contribution in [0.15, 0.2) is 83.8 Å². The maximum Gasteiger partial charge on any atom is 0.252 e. The lowest BCUT2D eigenvalue weighted by Gasteiger charge is -2.26. The molecule has 6 nitrogen and oxygen atoms in total. The van der Waals surface area contributed by atoms with Gasteiger partial charge in [0.2, 0.25) is 10.0 Å². The van der Waals surface area contributed by atoms with E-state index < -0.39 is 10.0 Å². The largest absolute Gasteiger partial charge is 0.379 e. The molecule has 166 valence electrons. The molecule has 4 rings (SSSR count). The van der Waals surface area contributed by atoms with Crippen molar-refractivity contribution in [3.8, 4) is 0 Å². The van der Waals surface area contributed by atoms with Gasteiger partial charge in [0.1, 0.15) is 0 Å². The minimum atomic E-state index is -3.60. The summed E-state index contributed by atoms with van der Waals surface area (Å²) in [5.41, 5.74) is 3.46. The zero-order valence-electron chi connectivity index (χ0n) is 17.9. The molecule has 1 amide bonds. The zero-order valence-corrected chi connectivity index (χ0v) is 18.7. The Hall–Kier alpha value is -3.00. The maximum atomic E-state index is 13.1. The number of rotatable bonds is 6. The third kappa shape index (κ3) is 4.91. The van der Waals surface area contributed by atoms with Gasteiger partial charge in [-0.15, -0.1) is 0 Å². The molecular formula is C25H26N2O4S. The summed E-state index contributed by atoms with van der Waals surface area (Å²) in [4.78, 5) is 13.2. The fourth-order valence-corrected chi connectivity index (χ4v) is 5.19. The topological polar surface area (TPSA) is 75.7 Å². The van der Waals surface area contributed by atoms with Crippen LogP contribution >= 0.6 is 0 Å². The monoisotopic (exact) mass is 450 g/mol. The van der Waals surface area contributed by atoms with E-state index in [1.165, 1.54) is 16.4 Å². The average Bonchev–Trinajstić information content (AvgIpc) is 2.83.